The van der Waals surface area contributed by atoms with Gasteiger partial charge in [0.15, 0.2) is 0 Å². The predicted octanol–water partition coefficient (Wildman–Crippen LogP) is 3.46. The molecule has 0 aromatic heterocycles. The summed E-state index contributed by atoms with van der Waals surface area (Å²) in [5.41, 5.74) is 2.19. The van der Waals surface area contributed by atoms with E-state index >= 15 is 0 Å². The molecule has 0 unspecified atom stereocenters. The number of hydrogen-bond acceptors (Lipinski definition) is 3. The van der Waals surface area contributed by atoms with Gasteiger partial charge in [0.1, 0.15) is 0 Å². The molecule has 7 heteroatoms. The van der Waals surface area contributed by atoms with E-state index in [1.807, 2.05) is 19.1 Å². The number of benzene rings is 2. The molecule has 2 aromatic rings. The molecular weight excluding hydrogens is 390 g/mol. The number of carbonyl (C=O) groups is 3. The summed E-state index contributed by atoms with van der Waals surface area (Å²) in [5.74, 6) is -0.497. The lowest BCUT2D eigenvalue weighted by atomic mass is 10.0. The first-order valence-corrected chi connectivity index (χ1v) is 10.1. The van der Waals surface area contributed by atoms with E-state index < -0.39 is 0 Å². The van der Waals surface area contributed by atoms with Crippen LogP contribution in [0.5, 0.6) is 0 Å². The summed E-state index contributed by atoms with van der Waals surface area (Å²) in [6.45, 7) is 2.57. The quantitative estimate of drug-likeness (QED) is 0.729. The molecule has 29 heavy (non-hydrogen) atoms. The van der Waals surface area contributed by atoms with Gasteiger partial charge in [-0.2, -0.15) is 0 Å². The van der Waals surface area contributed by atoms with Gasteiger partial charge in [0.05, 0.1) is 12.6 Å². The molecule has 2 N–H and O–H groups in total. The lowest BCUT2D eigenvalue weighted by molar-refractivity contribution is -0.121. The minimum Gasteiger partial charge on any atom is -0.348 e. The fraction of sp³-hybridized carbons (Fsp3) is 0.318. The lowest BCUT2D eigenvalue weighted by Gasteiger charge is -2.18. The van der Waals surface area contributed by atoms with Crippen molar-refractivity contribution in [2.45, 2.75) is 32.2 Å². The van der Waals surface area contributed by atoms with Crippen LogP contribution in [0.3, 0.4) is 0 Å². The van der Waals surface area contributed by atoms with E-state index in [0.717, 1.165) is 24.1 Å². The van der Waals surface area contributed by atoms with Crippen LogP contribution in [0.1, 0.15) is 48.1 Å². The maximum atomic E-state index is 12.3. The Bertz CT molecular complexity index is 881. The molecule has 1 fully saturated rings. The van der Waals surface area contributed by atoms with Gasteiger partial charge < -0.3 is 15.5 Å². The molecule has 0 saturated carbocycles. The van der Waals surface area contributed by atoms with Crippen LogP contribution in [0, 0.1) is 0 Å². The third-order valence-electron chi connectivity index (χ3n) is 4.94. The Morgan fingerprint density at radius 1 is 1.10 bits per heavy atom. The van der Waals surface area contributed by atoms with Crippen molar-refractivity contribution < 1.29 is 14.4 Å². The number of nitrogens with one attached hydrogen (secondary N) is 2. The van der Waals surface area contributed by atoms with E-state index in [0.29, 0.717) is 23.6 Å². The topological polar surface area (TPSA) is 78.5 Å². The zero-order chi connectivity index (χ0) is 20.8. The van der Waals surface area contributed by atoms with Crippen molar-refractivity contribution in [1.29, 1.82) is 0 Å². The van der Waals surface area contributed by atoms with Gasteiger partial charge in [-0.05, 0) is 54.8 Å². The minimum absolute atomic E-state index is 0.102. The number of anilines is 1. The largest absolute Gasteiger partial charge is 0.348 e. The SMILES string of the molecule is CC[C@@H](NC(=O)CNC(=O)c1ccc(N2CCCC2=O)cc1)c1ccc(Cl)cc1. The van der Waals surface area contributed by atoms with Crippen molar-refractivity contribution in [3.63, 3.8) is 0 Å². The monoisotopic (exact) mass is 413 g/mol. The molecule has 6 nitrogen and oxygen atoms in total. The highest BCUT2D eigenvalue weighted by atomic mass is 35.5. The zero-order valence-corrected chi connectivity index (χ0v) is 17.0. The van der Waals surface area contributed by atoms with E-state index in [9.17, 15) is 14.4 Å². The van der Waals surface area contributed by atoms with Crippen molar-refractivity contribution >= 4 is 35.0 Å². The molecule has 1 atom stereocenters. The van der Waals surface area contributed by atoms with Crippen LogP contribution in [0.15, 0.2) is 48.5 Å². The Balaban J connectivity index is 1.52. The fourth-order valence-corrected chi connectivity index (χ4v) is 3.46. The molecular formula is C22H24ClN3O3. The molecule has 0 aliphatic carbocycles. The summed E-state index contributed by atoms with van der Waals surface area (Å²) in [6.07, 6.45) is 2.13. The predicted molar refractivity (Wildman–Crippen MR) is 113 cm³/mol. The lowest BCUT2D eigenvalue weighted by Crippen LogP contribution is -2.38. The van der Waals surface area contributed by atoms with Crippen LogP contribution < -0.4 is 15.5 Å². The fourth-order valence-electron chi connectivity index (χ4n) is 3.34. The van der Waals surface area contributed by atoms with E-state index in [4.69, 9.17) is 11.6 Å². The summed E-state index contributed by atoms with van der Waals surface area (Å²) in [6, 6.07) is 14.0. The average molecular weight is 414 g/mol. The first-order chi connectivity index (χ1) is 14.0. The van der Waals surface area contributed by atoms with E-state index in [1.165, 1.54) is 0 Å². The minimum atomic E-state index is -0.334. The summed E-state index contributed by atoms with van der Waals surface area (Å²) < 4.78 is 0. The molecule has 0 bridgehead atoms. The molecule has 0 spiro atoms. The molecule has 1 saturated heterocycles. The molecule has 1 aliphatic heterocycles. The van der Waals surface area contributed by atoms with Crippen molar-refractivity contribution in [1.82, 2.24) is 10.6 Å². The Hall–Kier alpha value is -2.86. The van der Waals surface area contributed by atoms with Crippen LogP contribution in [0.2, 0.25) is 5.02 Å². The number of hydrogen-bond donors (Lipinski definition) is 2. The first-order valence-electron chi connectivity index (χ1n) is 9.71. The second kappa shape index (κ2) is 9.56. The van der Waals surface area contributed by atoms with Crippen LogP contribution in [-0.2, 0) is 9.59 Å². The zero-order valence-electron chi connectivity index (χ0n) is 16.3. The van der Waals surface area contributed by atoms with Crippen molar-refractivity contribution in [3.05, 3.63) is 64.7 Å². The van der Waals surface area contributed by atoms with Gasteiger partial charge in [0.25, 0.3) is 5.91 Å². The molecule has 3 rings (SSSR count). The summed E-state index contributed by atoms with van der Waals surface area (Å²) in [5, 5.41) is 6.19. The van der Waals surface area contributed by atoms with Gasteiger partial charge in [0, 0.05) is 29.2 Å². The smallest absolute Gasteiger partial charge is 0.251 e. The normalized spacial score (nSPS) is 14.6. The van der Waals surface area contributed by atoms with E-state index in [-0.39, 0.29) is 30.3 Å². The summed E-state index contributed by atoms with van der Waals surface area (Å²) >= 11 is 5.91. The molecule has 152 valence electrons. The highest BCUT2D eigenvalue weighted by Crippen LogP contribution is 2.22. The number of carbonyl (C=O) groups excluding carboxylic acids is 3. The van der Waals surface area contributed by atoms with Gasteiger partial charge in [-0.25, -0.2) is 0 Å². The Morgan fingerprint density at radius 2 is 1.79 bits per heavy atom. The first kappa shape index (κ1) is 20.9. The van der Waals surface area contributed by atoms with Crippen LogP contribution in [0.25, 0.3) is 0 Å². The van der Waals surface area contributed by atoms with Crippen LogP contribution in [-0.4, -0.2) is 30.8 Å². The molecule has 1 aliphatic rings. The van der Waals surface area contributed by atoms with Gasteiger partial charge >= 0.3 is 0 Å². The summed E-state index contributed by atoms with van der Waals surface area (Å²) in [4.78, 5) is 38.1. The van der Waals surface area contributed by atoms with Crippen LogP contribution in [0.4, 0.5) is 5.69 Å². The number of rotatable bonds is 7. The molecule has 0 radical (unpaired) electrons. The van der Waals surface area contributed by atoms with Crippen molar-refractivity contribution in [2.24, 2.45) is 0 Å². The van der Waals surface area contributed by atoms with E-state index in [2.05, 4.69) is 10.6 Å². The number of amides is 3. The standard InChI is InChI=1S/C22H24ClN3O3/c1-2-19(15-5-9-17(23)10-6-15)25-20(27)14-24-22(29)16-7-11-18(12-8-16)26-13-3-4-21(26)28/h5-12,19H,2-4,13-14H2,1H3,(H,24,29)(H,25,27)/t19-/m1/s1. The third-order valence-corrected chi connectivity index (χ3v) is 5.19. The maximum Gasteiger partial charge on any atom is 0.251 e. The van der Waals surface area contributed by atoms with Gasteiger partial charge in [0.2, 0.25) is 11.8 Å². The average Bonchev–Trinajstić information content (AvgIpc) is 3.17. The molecule has 2 aromatic carbocycles. The Morgan fingerprint density at radius 3 is 2.38 bits per heavy atom. The number of nitrogens with zero attached hydrogens (tertiary/aromatic N) is 1. The summed E-state index contributed by atoms with van der Waals surface area (Å²) in [7, 11) is 0. The number of halogens is 1. The molecule has 3 amide bonds. The van der Waals surface area contributed by atoms with Crippen molar-refractivity contribution in [3.8, 4) is 0 Å². The van der Waals surface area contributed by atoms with Gasteiger partial charge in [-0.3, -0.25) is 14.4 Å². The van der Waals surface area contributed by atoms with Gasteiger partial charge in [-0.15, -0.1) is 0 Å². The molecule has 1 heterocycles. The second-order valence-corrected chi connectivity index (χ2v) is 7.39. The third kappa shape index (κ3) is 5.35. The van der Waals surface area contributed by atoms with Gasteiger partial charge in [-0.1, -0.05) is 30.7 Å². The highest BCUT2D eigenvalue weighted by molar-refractivity contribution is 6.30. The highest BCUT2D eigenvalue weighted by Gasteiger charge is 2.21. The second-order valence-electron chi connectivity index (χ2n) is 6.96. The Kier molecular flexibility index (Phi) is 6.88. The van der Waals surface area contributed by atoms with E-state index in [1.54, 1.807) is 41.3 Å². The van der Waals surface area contributed by atoms with Crippen molar-refractivity contribution in [2.75, 3.05) is 18.0 Å². The maximum absolute atomic E-state index is 12.3. The Labute approximate surface area is 175 Å². The van der Waals surface area contributed by atoms with Crippen LogP contribution >= 0.6 is 11.6 Å².